The van der Waals surface area contributed by atoms with Crippen molar-refractivity contribution < 1.29 is 4.52 Å². The number of nitrogens with one attached hydrogen (secondary N) is 1. The maximum atomic E-state index is 5.16. The fourth-order valence-electron chi connectivity index (χ4n) is 1.46. The van der Waals surface area contributed by atoms with E-state index in [4.69, 9.17) is 4.52 Å². The summed E-state index contributed by atoms with van der Waals surface area (Å²) < 4.78 is 5.16. The van der Waals surface area contributed by atoms with Gasteiger partial charge in [0.2, 0.25) is 0 Å². The highest BCUT2D eigenvalue weighted by Gasteiger charge is 2.02. The van der Waals surface area contributed by atoms with Crippen molar-refractivity contribution in [2.45, 2.75) is 12.8 Å². The van der Waals surface area contributed by atoms with Gasteiger partial charge in [-0.3, -0.25) is 0 Å². The molecular formula is C12H14N2O. The molecule has 0 aliphatic carbocycles. The van der Waals surface area contributed by atoms with Crippen molar-refractivity contribution in [3.63, 3.8) is 0 Å². The van der Waals surface area contributed by atoms with Crippen LogP contribution in [0.1, 0.15) is 11.3 Å². The lowest BCUT2D eigenvalue weighted by atomic mass is 10.1. The molecule has 0 aliphatic rings. The molecule has 2 rings (SSSR count). The first-order valence-electron chi connectivity index (χ1n) is 5.06. The van der Waals surface area contributed by atoms with E-state index >= 15 is 0 Å². The van der Waals surface area contributed by atoms with Crippen LogP contribution >= 0.6 is 0 Å². The third-order valence-corrected chi connectivity index (χ3v) is 2.32. The molecule has 0 atom stereocenters. The number of aryl methyl sites for hydroxylation is 2. The van der Waals surface area contributed by atoms with Gasteiger partial charge in [0.15, 0.2) is 5.82 Å². The van der Waals surface area contributed by atoms with Crippen LogP contribution in [0.25, 0.3) is 0 Å². The van der Waals surface area contributed by atoms with E-state index in [1.54, 1.807) is 0 Å². The molecule has 1 N–H and O–H groups in total. The van der Waals surface area contributed by atoms with Crippen molar-refractivity contribution in [3.05, 3.63) is 47.7 Å². The molecule has 0 aliphatic heterocycles. The lowest BCUT2D eigenvalue weighted by Crippen LogP contribution is -1.89. The van der Waals surface area contributed by atoms with Crippen molar-refractivity contribution in [2.75, 3.05) is 12.4 Å². The van der Waals surface area contributed by atoms with E-state index in [0.29, 0.717) is 0 Å². The Bertz CT molecular complexity index is 409. The number of hydrogen-bond acceptors (Lipinski definition) is 3. The third kappa shape index (κ3) is 2.59. The monoisotopic (exact) mass is 202 g/mol. The Morgan fingerprint density at radius 1 is 1.20 bits per heavy atom. The Hall–Kier alpha value is -1.77. The second-order valence-corrected chi connectivity index (χ2v) is 3.41. The predicted octanol–water partition coefficient (Wildman–Crippen LogP) is 2.50. The number of aromatic nitrogens is 1. The Morgan fingerprint density at radius 3 is 2.67 bits per heavy atom. The summed E-state index contributed by atoms with van der Waals surface area (Å²) in [6.07, 6.45) is 1.87. The van der Waals surface area contributed by atoms with Crippen LogP contribution in [0.5, 0.6) is 0 Å². The molecule has 1 aromatic heterocycles. The fourth-order valence-corrected chi connectivity index (χ4v) is 1.46. The highest BCUT2D eigenvalue weighted by atomic mass is 16.5. The van der Waals surface area contributed by atoms with Gasteiger partial charge in [-0.1, -0.05) is 35.5 Å². The van der Waals surface area contributed by atoms with Crippen LogP contribution in [0.4, 0.5) is 5.82 Å². The fraction of sp³-hybridized carbons (Fsp3) is 0.250. The minimum absolute atomic E-state index is 0.790. The van der Waals surface area contributed by atoms with Gasteiger partial charge in [0.1, 0.15) is 5.76 Å². The Morgan fingerprint density at radius 2 is 2.00 bits per heavy atom. The van der Waals surface area contributed by atoms with E-state index in [9.17, 15) is 0 Å². The molecule has 0 spiro atoms. The predicted molar refractivity (Wildman–Crippen MR) is 59.9 cm³/mol. The highest BCUT2D eigenvalue weighted by molar-refractivity contribution is 5.32. The Balaban J connectivity index is 1.93. The second-order valence-electron chi connectivity index (χ2n) is 3.41. The number of anilines is 1. The molecule has 0 bridgehead atoms. The van der Waals surface area contributed by atoms with Crippen LogP contribution in [0, 0.1) is 0 Å². The number of rotatable bonds is 4. The van der Waals surface area contributed by atoms with Gasteiger partial charge >= 0.3 is 0 Å². The number of benzene rings is 1. The smallest absolute Gasteiger partial charge is 0.169 e. The molecule has 0 saturated carbocycles. The molecule has 0 saturated heterocycles. The summed E-state index contributed by atoms with van der Waals surface area (Å²) in [5, 5.41) is 6.80. The topological polar surface area (TPSA) is 38.1 Å². The summed E-state index contributed by atoms with van der Waals surface area (Å²) in [5.41, 5.74) is 1.32. The third-order valence-electron chi connectivity index (χ3n) is 2.32. The van der Waals surface area contributed by atoms with E-state index in [1.165, 1.54) is 5.56 Å². The SMILES string of the molecule is CNc1cc(CCc2ccccc2)on1. The lowest BCUT2D eigenvalue weighted by Gasteiger charge is -1.96. The Kier molecular flexibility index (Phi) is 3.02. The van der Waals surface area contributed by atoms with Gasteiger partial charge < -0.3 is 9.84 Å². The minimum Gasteiger partial charge on any atom is -0.370 e. The van der Waals surface area contributed by atoms with Gasteiger partial charge in [-0.15, -0.1) is 0 Å². The zero-order valence-corrected chi connectivity index (χ0v) is 8.73. The molecule has 0 amide bonds. The van der Waals surface area contributed by atoms with Crippen molar-refractivity contribution >= 4 is 5.82 Å². The summed E-state index contributed by atoms with van der Waals surface area (Å²) in [4.78, 5) is 0. The first-order chi connectivity index (χ1) is 7.38. The summed E-state index contributed by atoms with van der Waals surface area (Å²) in [6, 6.07) is 12.3. The maximum absolute atomic E-state index is 5.16. The van der Waals surface area contributed by atoms with Gasteiger partial charge in [-0.2, -0.15) is 0 Å². The van der Waals surface area contributed by atoms with Crippen molar-refractivity contribution in [1.29, 1.82) is 0 Å². The number of nitrogens with zero attached hydrogens (tertiary/aromatic N) is 1. The van der Waals surface area contributed by atoms with E-state index < -0.39 is 0 Å². The second kappa shape index (κ2) is 4.64. The molecule has 0 fully saturated rings. The molecule has 15 heavy (non-hydrogen) atoms. The molecule has 3 nitrogen and oxygen atoms in total. The lowest BCUT2D eigenvalue weighted by molar-refractivity contribution is 0.385. The molecule has 78 valence electrons. The van der Waals surface area contributed by atoms with Crippen molar-refractivity contribution in [2.24, 2.45) is 0 Å². The van der Waals surface area contributed by atoms with Gasteiger partial charge in [-0.05, 0) is 12.0 Å². The summed E-state index contributed by atoms with van der Waals surface area (Å²) >= 11 is 0. The largest absolute Gasteiger partial charge is 0.370 e. The summed E-state index contributed by atoms with van der Waals surface area (Å²) in [7, 11) is 1.83. The standard InChI is InChI=1S/C12H14N2O/c1-13-12-9-11(15-14-12)8-7-10-5-3-2-4-6-10/h2-6,9H,7-8H2,1H3,(H,13,14). The van der Waals surface area contributed by atoms with Gasteiger partial charge in [0.05, 0.1) is 0 Å². The molecule has 2 aromatic rings. The van der Waals surface area contributed by atoms with Crippen molar-refractivity contribution in [3.8, 4) is 0 Å². The van der Waals surface area contributed by atoms with Crippen LogP contribution in [0.3, 0.4) is 0 Å². The van der Waals surface area contributed by atoms with E-state index in [2.05, 4.69) is 34.7 Å². The summed E-state index contributed by atoms with van der Waals surface area (Å²) in [5.74, 6) is 1.71. The van der Waals surface area contributed by atoms with Crippen LogP contribution < -0.4 is 5.32 Å². The van der Waals surface area contributed by atoms with Crippen molar-refractivity contribution in [1.82, 2.24) is 5.16 Å². The number of hydrogen-bond donors (Lipinski definition) is 1. The normalized spacial score (nSPS) is 10.2. The average molecular weight is 202 g/mol. The zero-order valence-electron chi connectivity index (χ0n) is 8.73. The first kappa shape index (κ1) is 9.77. The van der Waals surface area contributed by atoms with E-state index in [1.807, 2.05) is 19.2 Å². The van der Waals surface area contributed by atoms with E-state index in [-0.39, 0.29) is 0 Å². The highest BCUT2D eigenvalue weighted by Crippen LogP contribution is 2.11. The molecular weight excluding hydrogens is 188 g/mol. The van der Waals surface area contributed by atoms with Crippen LogP contribution in [-0.4, -0.2) is 12.2 Å². The molecule has 0 unspecified atom stereocenters. The molecule has 3 heteroatoms. The van der Waals surface area contributed by atoms with Gasteiger partial charge in [0, 0.05) is 19.5 Å². The molecule has 1 heterocycles. The van der Waals surface area contributed by atoms with Crippen LogP contribution in [0.2, 0.25) is 0 Å². The maximum Gasteiger partial charge on any atom is 0.169 e. The minimum atomic E-state index is 0.790. The van der Waals surface area contributed by atoms with E-state index in [0.717, 1.165) is 24.4 Å². The quantitative estimate of drug-likeness (QED) is 0.827. The van der Waals surface area contributed by atoms with Gasteiger partial charge in [-0.25, -0.2) is 0 Å². The molecule has 0 radical (unpaired) electrons. The average Bonchev–Trinajstić information content (AvgIpc) is 2.76. The van der Waals surface area contributed by atoms with Gasteiger partial charge in [0.25, 0.3) is 0 Å². The summed E-state index contributed by atoms with van der Waals surface area (Å²) in [6.45, 7) is 0. The van der Waals surface area contributed by atoms with Crippen LogP contribution in [-0.2, 0) is 12.8 Å². The zero-order chi connectivity index (χ0) is 10.5. The van der Waals surface area contributed by atoms with Crippen LogP contribution in [0.15, 0.2) is 40.9 Å². The Labute approximate surface area is 89.1 Å². The molecule has 1 aromatic carbocycles. The first-order valence-corrected chi connectivity index (χ1v) is 5.06.